The molecule has 0 saturated heterocycles. The number of nitrogen functional groups attached to an aromatic ring is 1. The molecule has 1 aromatic heterocycles. The molecule has 0 bridgehead atoms. The van der Waals surface area contributed by atoms with E-state index in [1.165, 1.54) is 0 Å². The van der Waals surface area contributed by atoms with Gasteiger partial charge in [-0.1, -0.05) is 0 Å². The van der Waals surface area contributed by atoms with Crippen LogP contribution < -0.4 is 16.2 Å². The Morgan fingerprint density at radius 3 is 2.50 bits per heavy atom. The van der Waals surface area contributed by atoms with Crippen molar-refractivity contribution in [1.82, 2.24) is 9.97 Å². The van der Waals surface area contributed by atoms with Gasteiger partial charge in [-0.25, -0.2) is 10.8 Å². The van der Waals surface area contributed by atoms with E-state index in [9.17, 15) is 10.1 Å². The van der Waals surface area contributed by atoms with Crippen LogP contribution in [0.25, 0.3) is 0 Å². The SMILES string of the molecule is CCN(c1nc(NN)nc(C)c1[N+](=O)[O-])C(C)C. The summed E-state index contributed by atoms with van der Waals surface area (Å²) in [6, 6.07) is 0.0913. The highest BCUT2D eigenvalue weighted by Gasteiger charge is 2.26. The Bertz CT molecular complexity index is 448. The molecule has 0 radical (unpaired) electrons. The highest BCUT2D eigenvalue weighted by atomic mass is 16.6. The van der Waals surface area contributed by atoms with E-state index in [2.05, 4.69) is 15.4 Å². The van der Waals surface area contributed by atoms with Crippen molar-refractivity contribution in [2.75, 3.05) is 16.9 Å². The molecule has 0 aliphatic carbocycles. The fourth-order valence-corrected chi connectivity index (χ4v) is 1.79. The average Bonchev–Trinajstić information content (AvgIpc) is 2.28. The molecule has 0 saturated carbocycles. The molecule has 0 aromatic carbocycles. The second-order valence-corrected chi connectivity index (χ2v) is 4.09. The van der Waals surface area contributed by atoms with E-state index in [0.29, 0.717) is 6.54 Å². The van der Waals surface area contributed by atoms with E-state index in [0.717, 1.165) is 0 Å². The number of nitro groups is 1. The normalized spacial score (nSPS) is 10.6. The van der Waals surface area contributed by atoms with Gasteiger partial charge >= 0.3 is 5.69 Å². The van der Waals surface area contributed by atoms with Crippen molar-refractivity contribution in [2.24, 2.45) is 5.84 Å². The van der Waals surface area contributed by atoms with Gasteiger partial charge in [-0.15, -0.1) is 0 Å². The molecule has 0 unspecified atom stereocenters. The minimum atomic E-state index is -0.462. The van der Waals surface area contributed by atoms with Crippen molar-refractivity contribution >= 4 is 17.5 Å². The number of hydrogen-bond donors (Lipinski definition) is 2. The van der Waals surface area contributed by atoms with E-state index in [-0.39, 0.29) is 29.2 Å². The molecule has 8 heteroatoms. The Morgan fingerprint density at radius 2 is 2.11 bits per heavy atom. The smallest absolute Gasteiger partial charge is 0.332 e. The predicted octanol–water partition coefficient (Wildman–Crippen LogP) is 1.21. The van der Waals surface area contributed by atoms with E-state index in [1.807, 2.05) is 25.7 Å². The molecule has 0 spiro atoms. The number of nitrogens with two attached hydrogens (primary N) is 1. The molecule has 8 nitrogen and oxygen atoms in total. The lowest BCUT2D eigenvalue weighted by Crippen LogP contribution is -2.32. The van der Waals surface area contributed by atoms with Crippen molar-refractivity contribution in [3.8, 4) is 0 Å². The molecular weight excluding hydrogens is 236 g/mol. The highest BCUT2D eigenvalue weighted by molar-refractivity contribution is 5.62. The van der Waals surface area contributed by atoms with Crippen LogP contribution in [0, 0.1) is 17.0 Å². The Labute approximate surface area is 105 Å². The topological polar surface area (TPSA) is 110 Å². The molecule has 1 heterocycles. The number of hydrogen-bond acceptors (Lipinski definition) is 7. The molecule has 0 atom stereocenters. The summed E-state index contributed by atoms with van der Waals surface area (Å²) in [6.45, 7) is 7.98. The third-order valence-corrected chi connectivity index (χ3v) is 2.59. The maximum Gasteiger partial charge on any atom is 0.332 e. The number of nitrogens with zero attached hydrogens (tertiary/aromatic N) is 4. The quantitative estimate of drug-likeness (QED) is 0.461. The Balaban J connectivity index is 3.46. The highest BCUT2D eigenvalue weighted by Crippen LogP contribution is 2.30. The summed E-state index contributed by atoms with van der Waals surface area (Å²) >= 11 is 0. The number of hydrazine groups is 1. The predicted molar refractivity (Wildman–Crippen MR) is 69.4 cm³/mol. The molecule has 18 heavy (non-hydrogen) atoms. The van der Waals surface area contributed by atoms with Gasteiger partial charge in [-0.2, -0.15) is 4.98 Å². The minimum Gasteiger partial charge on any atom is -0.349 e. The van der Waals surface area contributed by atoms with Gasteiger partial charge in [0, 0.05) is 12.6 Å². The zero-order valence-corrected chi connectivity index (χ0v) is 11.0. The number of anilines is 2. The summed E-state index contributed by atoms with van der Waals surface area (Å²) in [6.07, 6.45) is 0. The standard InChI is InChI=1S/C10H18N6O2/c1-5-15(6(2)3)9-8(16(17)18)7(4)12-10(13-9)14-11/h6H,5,11H2,1-4H3,(H,12,13,14). The first-order chi connectivity index (χ1) is 8.42. The number of rotatable bonds is 5. The summed E-state index contributed by atoms with van der Waals surface area (Å²) in [7, 11) is 0. The largest absolute Gasteiger partial charge is 0.349 e. The van der Waals surface area contributed by atoms with Crippen LogP contribution in [0.4, 0.5) is 17.5 Å². The monoisotopic (exact) mass is 254 g/mol. The summed E-state index contributed by atoms with van der Waals surface area (Å²) in [5.74, 6) is 5.73. The number of aromatic nitrogens is 2. The lowest BCUT2D eigenvalue weighted by atomic mass is 10.2. The van der Waals surface area contributed by atoms with Gasteiger partial charge < -0.3 is 4.90 Å². The van der Waals surface area contributed by atoms with Crippen molar-refractivity contribution in [2.45, 2.75) is 33.7 Å². The van der Waals surface area contributed by atoms with Gasteiger partial charge in [0.2, 0.25) is 11.8 Å². The molecule has 0 amide bonds. The summed E-state index contributed by atoms with van der Waals surface area (Å²) in [5, 5.41) is 11.1. The van der Waals surface area contributed by atoms with E-state index >= 15 is 0 Å². The lowest BCUT2D eigenvalue weighted by molar-refractivity contribution is -0.385. The first kappa shape index (κ1) is 14.1. The van der Waals surface area contributed by atoms with Crippen LogP contribution in [-0.2, 0) is 0 Å². The summed E-state index contributed by atoms with van der Waals surface area (Å²) in [5.41, 5.74) is 2.53. The van der Waals surface area contributed by atoms with E-state index in [1.54, 1.807) is 6.92 Å². The van der Waals surface area contributed by atoms with Crippen molar-refractivity contribution in [3.63, 3.8) is 0 Å². The first-order valence-corrected chi connectivity index (χ1v) is 5.68. The molecule has 0 aliphatic heterocycles. The second-order valence-electron chi connectivity index (χ2n) is 4.09. The molecule has 1 aromatic rings. The van der Waals surface area contributed by atoms with Crippen molar-refractivity contribution in [3.05, 3.63) is 15.8 Å². The molecule has 0 fully saturated rings. The van der Waals surface area contributed by atoms with E-state index < -0.39 is 4.92 Å². The van der Waals surface area contributed by atoms with Crippen LogP contribution in [0.5, 0.6) is 0 Å². The maximum atomic E-state index is 11.1. The first-order valence-electron chi connectivity index (χ1n) is 5.68. The Morgan fingerprint density at radius 1 is 1.50 bits per heavy atom. The van der Waals surface area contributed by atoms with Gasteiger partial charge in [0.25, 0.3) is 0 Å². The van der Waals surface area contributed by atoms with Gasteiger partial charge in [0.15, 0.2) is 0 Å². The average molecular weight is 254 g/mol. The maximum absolute atomic E-state index is 11.1. The molecular formula is C10H18N6O2. The fourth-order valence-electron chi connectivity index (χ4n) is 1.79. The minimum absolute atomic E-state index is 0.0791. The van der Waals surface area contributed by atoms with Gasteiger partial charge in [-0.3, -0.25) is 15.5 Å². The van der Waals surface area contributed by atoms with Gasteiger partial charge in [0.05, 0.1) is 4.92 Å². The molecule has 3 N–H and O–H groups in total. The van der Waals surface area contributed by atoms with Gasteiger partial charge in [-0.05, 0) is 27.7 Å². The number of nitrogens with one attached hydrogen (secondary N) is 1. The summed E-state index contributed by atoms with van der Waals surface area (Å²) < 4.78 is 0. The van der Waals surface area contributed by atoms with Crippen molar-refractivity contribution in [1.29, 1.82) is 0 Å². The van der Waals surface area contributed by atoms with Crippen LogP contribution in [0.1, 0.15) is 26.5 Å². The second kappa shape index (κ2) is 5.58. The van der Waals surface area contributed by atoms with Crippen LogP contribution >= 0.6 is 0 Å². The van der Waals surface area contributed by atoms with Gasteiger partial charge in [0.1, 0.15) is 5.69 Å². The molecule has 1 rings (SSSR count). The molecule has 0 aliphatic rings. The van der Waals surface area contributed by atoms with Crippen LogP contribution in [0.3, 0.4) is 0 Å². The molecule has 100 valence electrons. The zero-order chi connectivity index (χ0) is 13.9. The van der Waals surface area contributed by atoms with E-state index in [4.69, 9.17) is 5.84 Å². The summed E-state index contributed by atoms with van der Waals surface area (Å²) in [4.78, 5) is 20.5. The lowest BCUT2D eigenvalue weighted by Gasteiger charge is -2.26. The van der Waals surface area contributed by atoms with Crippen LogP contribution in [0.15, 0.2) is 0 Å². The van der Waals surface area contributed by atoms with Crippen molar-refractivity contribution < 1.29 is 4.92 Å². The zero-order valence-electron chi connectivity index (χ0n) is 11.0. The number of aryl methyl sites for hydroxylation is 1. The Hall–Kier alpha value is -1.96. The third kappa shape index (κ3) is 2.65. The third-order valence-electron chi connectivity index (χ3n) is 2.59. The Kier molecular flexibility index (Phi) is 4.38. The fraction of sp³-hybridized carbons (Fsp3) is 0.600. The van der Waals surface area contributed by atoms with Crippen LogP contribution in [-0.4, -0.2) is 27.5 Å². The van der Waals surface area contributed by atoms with Crippen LogP contribution in [0.2, 0.25) is 0 Å².